The Kier molecular flexibility index (Phi) is 4.04. The summed E-state index contributed by atoms with van der Waals surface area (Å²) in [6.07, 6.45) is 3.82. The minimum absolute atomic E-state index is 0.405. The van der Waals surface area contributed by atoms with Crippen molar-refractivity contribution in [1.29, 1.82) is 0 Å². The van der Waals surface area contributed by atoms with E-state index in [1.54, 1.807) is 0 Å². The molecule has 0 unspecified atom stereocenters. The molecule has 0 bridgehead atoms. The number of benzene rings is 1. The highest BCUT2D eigenvalue weighted by atomic mass is 35.5. The SMILES string of the molecule is CC(C)c1nccn1Cc1ccc(CN)cc1Cl. The van der Waals surface area contributed by atoms with Gasteiger partial charge in [-0.3, -0.25) is 0 Å². The fourth-order valence-electron chi connectivity index (χ4n) is 1.98. The number of halogens is 1. The number of hydrogen-bond donors (Lipinski definition) is 1. The van der Waals surface area contributed by atoms with Crippen molar-refractivity contribution in [2.45, 2.75) is 32.9 Å². The Morgan fingerprint density at radius 3 is 2.78 bits per heavy atom. The van der Waals surface area contributed by atoms with E-state index >= 15 is 0 Å². The zero-order chi connectivity index (χ0) is 13.1. The molecule has 4 heteroatoms. The van der Waals surface area contributed by atoms with Crippen molar-refractivity contribution in [3.8, 4) is 0 Å². The predicted octanol–water partition coefficient (Wildman–Crippen LogP) is 3.17. The van der Waals surface area contributed by atoms with Crippen LogP contribution >= 0.6 is 11.6 Å². The lowest BCUT2D eigenvalue weighted by Gasteiger charge is -2.12. The van der Waals surface area contributed by atoms with Crippen LogP contribution in [0.2, 0.25) is 5.02 Å². The van der Waals surface area contributed by atoms with Crippen LogP contribution in [0.1, 0.15) is 36.7 Å². The molecule has 0 saturated heterocycles. The van der Waals surface area contributed by atoms with Gasteiger partial charge in [0.25, 0.3) is 0 Å². The number of aromatic nitrogens is 2. The first-order valence-corrected chi connectivity index (χ1v) is 6.48. The maximum atomic E-state index is 6.27. The molecule has 1 aromatic carbocycles. The molecule has 2 aromatic rings. The second-order valence-electron chi connectivity index (χ2n) is 4.70. The zero-order valence-electron chi connectivity index (χ0n) is 10.7. The Morgan fingerprint density at radius 1 is 1.39 bits per heavy atom. The largest absolute Gasteiger partial charge is 0.330 e. The van der Waals surface area contributed by atoms with Gasteiger partial charge in [-0.2, -0.15) is 0 Å². The molecule has 2 N–H and O–H groups in total. The van der Waals surface area contributed by atoms with Gasteiger partial charge in [0.15, 0.2) is 0 Å². The summed E-state index contributed by atoms with van der Waals surface area (Å²) < 4.78 is 2.13. The molecule has 0 fully saturated rings. The summed E-state index contributed by atoms with van der Waals surface area (Å²) >= 11 is 6.27. The number of nitrogens with two attached hydrogens (primary N) is 1. The van der Waals surface area contributed by atoms with Gasteiger partial charge in [-0.25, -0.2) is 4.98 Å². The standard InChI is InChI=1S/C14H18ClN3/c1-10(2)14-17-5-6-18(14)9-12-4-3-11(8-16)7-13(12)15/h3-7,10H,8-9,16H2,1-2H3. The Morgan fingerprint density at radius 2 is 2.17 bits per heavy atom. The van der Waals surface area contributed by atoms with Crippen molar-refractivity contribution in [2.75, 3.05) is 0 Å². The first-order chi connectivity index (χ1) is 8.61. The first-order valence-electron chi connectivity index (χ1n) is 6.10. The van der Waals surface area contributed by atoms with Gasteiger partial charge in [-0.15, -0.1) is 0 Å². The lowest BCUT2D eigenvalue weighted by atomic mass is 10.1. The number of imidazole rings is 1. The maximum absolute atomic E-state index is 6.27. The average molecular weight is 264 g/mol. The van der Waals surface area contributed by atoms with Crippen molar-refractivity contribution in [3.05, 3.63) is 52.6 Å². The summed E-state index contributed by atoms with van der Waals surface area (Å²) in [7, 11) is 0. The van der Waals surface area contributed by atoms with Crippen molar-refractivity contribution in [3.63, 3.8) is 0 Å². The molecule has 0 amide bonds. The van der Waals surface area contributed by atoms with Crippen molar-refractivity contribution in [1.82, 2.24) is 9.55 Å². The van der Waals surface area contributed by atoms with Gasteiger partial charge < -0.3 is 10.3 Å². The number of hydrogen-bond acceptors (Lipinski definition) is 2. The van der Waals surface area contributed by atoms with Crippen LogP contribution in [0.4, 0.5) is 0 Å². The summed E-state index contributed by atoms with van der Waals surface area (Å²) in [5.41, 5.74) is 7.74. The summed E-state index contributed by atoms with van der Waals surface area (Å²) in [5.74, 6) is 1.48. The van der Waals surface area contributed by atoms with Crippen LogP contribution in [0.25, 0.3) is 0 Å². The van der Waals surface area contributed by atoms with Gasteiger partial charge in [0.05, 0.1) is 6.54 Å². The van der Waals surface area contributed by atoms with Crippen LogP contribution in [-0.2, 0) is 13.1 Å². The lowest BCUT2D eigenvalue weighted by molar-refractivity contribution is 0.669. The Bertz CT molecular complexity index is 532. The highest BCUT2D eigenvalue weighted by Gasteiger charge is 2.09. The third-order valence-electron chi connectivity index (χ3n) is 2.96. The van der Waals surface area contributed by atoms with E-state index in [-0.39, 0.29) is 0 Å². The van der Waals surface area contributed by atoms with Crippen molar-refractivity contribution < 1.29 is 0 Å². The zero-order valence-corrected chi connectivity index (χ0v) is 11.5. The Hall–Kier alpha value is -1.32. The van der Waals surface area contributed by atoms with E-state index in [2.05, 4.69) is 23.4 Å². The van der Waals surface area contributed by atoms with Gasteiger partial charge in [0.2, 0.25) is 0 Å². The van der Waals surface area contributed by atoms with Gasteiger partial charge in [-0.05, 0) is 17.2 Å². The van der Waals surface area contributed by atoms with Gasteiger partial charge >= 0.3 is 0 Å². The van der Waals surface area contributed by atoms with Gasteiger partial charge in [0.1, 0.15) is 5.82 Å². The monoisotopic (exact) mass is 263 g/mol. The first kappa shape index (κ1) is 13.1. The molecule has 3 nitrogen and oxygen atoms in total. The topological polar surface area (TPSA) is 43.8 Å². The van der Waals surface area contributed by atoms with Crippen molar-refractivity contribution >= 4 is 11.6 Å². The fourth-order valence-corrected chi connectivity index (χ4v) is 2.25. The molecule has 0 radical (unpaired) electrons. The molecule has 1 aromatic heterocycles. The summed E-state index contributed by atoms with van der Waals surface area (Å²) in [4.78, 5) is 4.38. The molecule has 0 aliphatic carbocycles. The summed E-state index contributed by atoms with van der Waals surface area (Å²) in [5, 5.41) is 0.765. The minimum Gasteiger partial charge on any atom is -0.330 e. The Labute approximate surface area is 113 Å². The van der Waals surface area contributed by atoms with Crippen LogP contribution in [0.3, 0.4) is 0 Å². The van der Waals surface area contributed by atoms with Crippen LogP contribution in [0.5, 0.6) is 0 Å². The molecule has 96 valence electrons. The van der Waals surface area contributed by atoms with Crippen molar-refractivity contribution in [2.24, 2.45) is 5.73 Å². The van der Waals surface area contributed by atoms with Gasteiger partial charge in [0, 0.05) is 29.9 Å². The number of nitrogens with zero attached hydrogens (tertiary/aromatic N) is 2. The third-order valence-corrected chi connectivity index (χ3v) is 3.31. The maximum Gasteiger partial charge on any atom is 0.111 e. The van der Waals surface area contributed by atoms with E-state index in [1.807, 2.05) is 30.6 Å². The lowest BCUT2D eigenvalue weighted by Crippen LogP contribution is -2.06. The van der Waals surface area contributed by atoms with E-state index in [4.69, 9.17) is 17.3 Å². The van der Waals surface area contributed by atoms with Crippen LogP contribution in [0, 0.1) is 0 Å². The summed E-state index contributed by atoms with van der Waals surface area (Å²) in [6.45, 7) is 5.54. The molecule has 0 atom stereocenters. The van der Waals surface area contributed by atoms with E-state index in [0.717, 1.165) is 28.5 Å². The number of rotatable bonds is 4. The molecule has 0 aliphatic rings. The molecule has 0 saturated carbocycles. The smallest absolute Gasteiger partial charge is 0.111 e. The molecular weight excluding hydrogens is 246 g/mol. The van der Waals surface area contributed by atoms with E-state index < -0.39 is 0 Å². The quantitative estimate of drug-likeness (QED) is 0.921. The van der Waals surface area contributed by atoms with Crippen LogP contribution < -0.4 is 5.73 Å². The summed E-state index contributed by atoms with van der Waals surface area (Å²) in [6, 6.07) is 5.99. The fraction of sp³-hybridized carbons (Fsp3) is 0.357. The third kappa shape index (κ3) is 2.74. The molecule has 0 spiro atoms. The second-order valence-corrected chi connectivity index (χ2v) is 5.11. The van der Waals surface area contributed by atoms with Gasteiger partial charge in [-0.1, -0.05) is 37.6 Å². The molecule has 0 aliphatic heterocycles. The van der Waals surface area contributed by atoms with Crippen LogP contribution in [-0.4, -0.2) is 9.55 Å². The average Bonchev–Trinajstić information content (AvgIpc) is 2.80. The highest BCUT2D eigenvalue weighted by molar-refractivity contribution is 6.31. The normalized spacial score (nSPS) is 11.2. The molecule has 2 rings (SSSR count). The minimum atomic E-state index is 0.405. The van der Waals surface area contributed by atoms with Crippen LogP contribution in [0.15, 0.2) is 30.6 Å². The Balaban J connectivity index is 2.26. The highest BCUT2D eigenvalue weighted by Crippen LogP contribution is 2.21. The van der Waals surface area contributed by atoms with E-state index in [0.29, 0.717) is 12.5 Å². The molecule has 1 heterocycles. The molecular formula is C14H18ClN3. The predicted molar refractivity (Wildman–Crippen MR) is 74.8 cm³/mol. The second kappa shape index (κ2) is 5.55. The van der Waals surface area contributed by atoms with E-state index in [1.165, 1.54) is 0 Å². The van der Waals surface area contributed by atoms with E-state index in [9.17, 15) is 0 Å². The molecule has 18 heavy (non-hydrogen) atoms.